The molecule has 0 bridgehead atoms. The standard InChI is InChI=1S/C28H33NO2/c1-28(2,3)25-14-11-23(12-15-25)19-29(17-7-10-22-8-5-4-6-9-22)20-24-13-16-26-27(18-24)31-21-30-26/h4-6,8-9,11-16,18H,7,10,17,19-21H2,1-3H3. The molecule has 1 heterocycles. The lowest BCUT2D eigenvalue weighted by molar-refractivity contribution is 0.174. The van der Waals surface area contributed by atoms with Crippen molar-refractivity contribution in [3.63, 3.8) is 0 Å². The first-order chi connectivity index (χ1) is 15.0. The molecule has 3 aromatic rings. The van der Waals surface area contributed by atoms with Crippen LogP contribution in [0.3, 0.4) is 0 Å². The van der Waals surface area contributed by atoms with Crippen molar-refractivity contribution in [2.75, 3.05) is 13.3 Å². The van der Waals surface area contributed by atoms with Crippen molar-refractivity contribution >= 4 is 0 Å². The summed E-state index contributed by atoms with van der Waals surface area (Å²) in [7, 11) is 0. The van der Waals surface area contributed by atoms with Gasteiger partial charge in [-0.1, -0.05) is 81.4 Å². The quantitative estimate of drug-likeness (QED) is 0.428. The van der Waals surface area contributed by atoms with E-state index >= 15 is 0 Å². The molecule has 0 unspecified atom stereocenters. The molecule has 0 N–H and O–H groups in total. The maximum Gasteiger partial charge on any atom is 0.231 e. The summed E-state index contributed by atoms with van der Waals surface area (Å²) >= 11 is 0. The number of benzene rings is 3. The normalized spacial score (nSPS) is 13.0. The van der Waals surface area contributed by atoms with Crippen LogP contribution < -0.4 is 9.47 Å². The molecular formula is C28H33NO2. The highest BCUT2D eigenvalue weighted by Crippen LogP contribution is 2.33. The lowest BCUT2D eigenvalue weighted by Crippen LogP contribution is -2.24. The van der Waals surface area contributed by atoms with Crippen LogP contribution in [0.1, 0.15) is 49.4 Å². The van der Waals surface area contributed by atoms with E-state index < -0.39 is 0 Å². The van der Waals surface area contributed by atoms with E-state index in [1.807, 2.05) is 6.07 Å². The second-order valence-electron chi connectivity index (χ2n) is 9.43. The summed E-state index contributed by atoms with van der Waals surface area (Å²) in [6, 6.07) is 26.2. The minimum atomic E-state index is 0.181. The SMILES string of the molecule is CC(C)(C)c1ccc(CN(CCCc2ccccc2)Cc2ccc3c(c2)OCO3)cc1. The van der Waals surface area contributed by atoms with Crippen LogP contribution in [0.5, 0.6) is 11.5 Å². The zero-order valence-electron chi connectivity index (χ0n) is 18.9. The van der Waals surface area contributed by atoms with Gasteiger partial charge in [-0.2, -0.15) is 0 Å². The average Bonchev–Trinajstić information content (AvgIpc) is 3.22. The summed E-state index contributed by atoms with van der Waals surface area (Å²) in [5, 5.41) is 0. The molecule has 0 amide bonds. The third-order valence-corrected chi connectivity index (χ3v) is 5.85. The maximum absolute atomic E-state index is 5.58. The monoisotopic (exact) mass is 415 g/mol. The van der Waals surface area contributed by atoms with E-state index in [0.29, 0.717) is 6.79 Å². The molecule has 162 valence electrons. The van der Waals surface area contributed by atoms with Crippen molar-refractivity contribution in [1.82, 2.24) is 4.90 Å². The third kappa shape index (κ3) is 5.89. The van der Waals surface area contributed by atoms with E-state index in [1.165, 1.54) is 22.3 Å². The average molecular weight is 416 g/mol. The van der Waals surface area contributed by atoms with E-state index in [4.69, 9.17) is 9.47 Å². The highest BCUT2D eigenvalue weighted by Gasteiger charge is 2.16. The zero-order chi connectivity index (χ0) is 21.7. The molecule has 0 aromatic heterocycles. The Morgan fingerprint density at radius 3 is 2.16 bits per heavy atom. The first kappa shape index (κ1) is 21.5. The van der Waals surface area contributed by atoms with Gasteiger partial charge in [0.05, 0.1) is 0 Å². The fourth-order valence-electron chi connectivity index (χ4n) is 4.03. The van der Waals surface area contributed by atoms with E-state index in [9.17, 15) is 0 Å². The molecular weight excluding hydrogens is 382 g/mol. The van der Waals surface area contributed by atoms with Gasteiger partial charge < -0.3 is 9.47 Å². The number of fused-ring (bicyclic) bond motifs is 1. The smallest absolute Gasteiger partial charge is 0.231 e. The van der Waals surface area contributed by atoms with Crippen molar-refractivity contribution < 1.29 is 9.47 Å². The van der Waals surface area contributed by atoms with Crippen LogP contribution in [-0.2, 0) is 24.9 Å². The van der Waals surface area contributed by atoms with Crippen LogP contribution in [0, 0.1) is 0 Å². The molecule has 31 heavy (non-hydrogen) atoms. The van der Waals surface area contributed by atoms with Crippen molar-refractivity contribution in [3.05, 3.63) is 95.1 Å². The number of rotatable bonds is 8. The highest BCUT2D eigenvalue weighted by molar-refractivity contribution is 5.44. The zero-order valence-corrected chi connectivity index (χ0v) is 18.9. The molecule has 0 spiro atoms. The Bertz CT molecular complexity index is 974. The number of nitrogens with zero attached hydrogens (tertiary/aromatic N) is 1. The molecule has 3 aromatic carbocycles. The summed E-state index contributed by atoms with van der Waals surface area (Å²) < 4.78 is 11.1. The highest BCUT2D eigenvalue weighted by atomic mass is 16.7. The molecule has 0 radical (unpaired) electrons. The second kappa shape index (κ2) is 9.57. The van der Waals surface area contributed by atoms with Gasteiger partial charge in [-0.25, -0.2) is 0 Å². The third-order valence-electron chi connectivity index (χ3n) is 5.85. The van der Waals surface area contributed by atoms with Gasteiger partial charge in [0, 0.05) is 13.1 Å². The predicted molar refractivity (Wildman–Crippen MR) is 127 cm³/mol. The topological polar surface area (TPSA) is 21.7 Å². The van der Waals surface area contributed by atoms with E-state index in [2.05, 4.69) is 92.4 Å². The Morgan fingerprint density at radius 2 is 1.42 bits per heavy atom. The molecule has 0 saturated heterocycles. The fourth-order valence-corrected chi connectivity index (χ4v) is 4.03. The summed E-state index contributed by atoms with van der Waals surface area (Å²) in [6.45, 7) is 9.98. The Kier molecular flexibility index (Phi) is 6.62. The van der Waals surface area contributed by atoms with Gasteiger partial charge in [-0.15, -0.1) is 0 Å². The molecule has 0 aliphatic carbocycles. The molecule has 0 saturated carbocycles. The van der Waals surface area contributed by atoms with E-state index in [1.54, 1.807) is 0 Å². The van der Waals surface area contributed by atoms with Gasteiger partial charge in [0.1, 0.15) is 0 Å². The Morgan fingerprint density at radius 1 is 0.742 bits per heavy atom. The Hall–Kier alpha value is -2.78. The van der Waals surface area contributed by atoms with Crippen LogP contribution in [0.15, 0.2) is 72.8 Å². The Labute approximate surface area is 186 Å². The minimum Gasteiger partial charge on any atom is -0.454 e. The lowest BCUT2D eigenvalue weighted by Gasteiger charge is -2.24. The first-order valence-electron chi connectivity index (χ1n) is 11.2. The minimum absolute atomic E-state index is 0.181. The first-order valence-corrected chi connectivity index (χ1v) is 11.2. The van der Waals surface area contributed by atoms with Gasteiger partial charge in [0.15, 0.2) is 11.5 Å². The van der Waals surface area contributed by atoms with E-state index in [-0.39, 0.29) is 5.41 Å². The fraction of sp³-hybridized carbons (Fsp3) is 0.357. The van der Waals surface area contributed by atoms with Gasteiger partial charge in [0.25, 0.3) is 0 Å². The molecule has 4 rings (SSSR count). The summed E-state index contributed by atoms with van der Waals surface area (Å²) in [4.78, 5) is 2.53. The van der Waals surface area contributed by atoms with Crippen molar-refractivity contribution in [1.29, 1.82) is 0 Å². The number of ether oxygens (including phenoxy) is 2. The second-order valence-corrected chi connectivity index (χ2v) is 9.43. The summed E-state index contributed by atoms with van der Waals surface area (Å²) in [6.07, 6.45) is 2.23. The lowest BCUT2D eigenvalue weighted by atomic mass is 9.87. The van der Waals surface area contributed by atoms with Crippen LogP contribution in [0.4, 0.5) is 0 Å². The van der Waals surface area contributed by atoms with Crippen LogP contribution in [-0.4, -0.2) is 18.2 Å². The Balaban J connectivity index is 1.44. The molecule has 0 fully saturated rings. The van der Waals surface area contributed by atoms with Gasteiger partial charge >= 0.3 is 0 Å². The van der Waals surface area contributed by atoms with Crippen molar-refractivity contribution in [2.45, 2.75) is 52.1 Å². The molecule has 1 aliphatic rings. The molecule has 0 atom stereocenters. The van der Waals surface area contributed by atoms with Crippen LogP contribution >= 0.6 is 0 Å². The van der Waals surface area contributed by atoms with Crippen molar-refractivity contribution in [2.24, 2.45) is 0 Å². The van der Waals surface area contributed by atoms with Crippen LogP contribution in [0.25, 0.3) is 0 Å². The molecule has 3 nitrogen and oxygen atoms in total. The summed E-state index contributed by atoms with van der Waals surface area (Å²) in [5.41, 5.74) is 5.58. The number of aryl methyl sites for hydroxylation is 1. The van der Waals surface area contributed by atoms with Gasteiger partial charge in [-0.3, -0.25) is 4.90 Å². The van der Waals surface area contributed by atoms with E-state index in [0.717, 1.165) is 44.0 Å². The number of hydrogen-bond donors (Lipinski definition) is 0. The largest absolute Gasteiger partial charge is 0.454 e. The molecule has 3 heteroatoms. The van der Waals surface area contributed by atoms with Crippen molar-refractivity contribution in [3.8, 4) is 11.5 Å². The maximum atomic E-state index is 5.58. The molecule has 1 aliphatic heterocycles. The van der Waals surface area contributed by atoms with Crippen LogP contribution in [0.2, 0.25) is 0 Å². The van der Waals surface area contributed by atoms with Gasteiger partial charge in [0.2, 0.25) is 6.79 Å². The van der Waals surface area contributed by atoms with Gasteiger partial charge in [-0.05, 0) is 59.2 Å². The predicted octanol–water partition coefficient (Wildman–Crippen LogP) is 6.35. The number of hydrogen-bond acceptors (Lipinski definition) is 3. The summed E-state index contributed by atoms with van der Waals surface area (Å²) in [5.74, 6) is 1.70.